The zero-order valence-corrected chi connectivity index (χ0v) is 10.2. The van der Waals surface area contributed by atoms with Gasteiger partial charge in [-0.05, 0) is 6.07 Å². The van der Waals surface area contributed by atoms with Crippen molar-refractivity contribution >= 4 is 0 Å². The molecular formula is C12H16F2N2O2. The summed E-state index contributed by atoms with van der Waals surface area (Å²) in [4.78, 5) is 5.80. The molecule has 100 valence electrons. The lowest BCUT2D eigenvalue weighted by atomic mass is 10.3. The van der Waals surface area contributed by atoms with E-state index in [4.69, 9.17) is 9.47 Å². The second-order valence-corrected chi connectivity index (χ2v) is 4.31. The highest BCUT2D eigenvalue weighted by Crippen LogP contribution is 2.20. The molecule has 18 heavy (non-hydrogen) atoms. The number of hydrogen-bond acceptors (Lipinski definition) is 4. The third-order valence-electron chi connectivity index (χ3n) is 2.73. The number of pyridine rings is 1. The molecule has 0 bridgehead atoms. The minimum atomic E-state index is -2.80. The molecule has 0 amide bonds. The van der Waals surface area contributed by atoms with Crippen molar-refractivity contribution in [1.82, 2.24) is 9.88 Å². The van der Waals surface area contributed by atoms with Crippen LogP contribution in [0.5, 0.6) is 5.75 Å². The van der Waals surface area contributed by atoms with Crippen LogP contribution in [0.4, 0.5) is 8.78 Å². The Morgan fingerprint density at radius 2 is 2.39 bits per heavy atom. The fourth-order valence-corrected chi connectivity index (χ4v) is 1.90. The number of rotatable bonds is 3. The van der Waals surface area contributed by atoms with Gasteiger partial charge >= 0.3 is 0 Å². The van der Waals surface area contributed by atoms with Crippen molar-refractivity contribution in [2.75, 3.05) is 33.4 Å². The third kappa shape index (κ3) is 3.61. The topological polar surface area (TPSA) is 34.6 Å². The molecule has 4 nitrogen and oxygen atoms in total. The van der Waals surface area contributed by atoms with Crippen molar-refractivity contribution in [3.8, 4) is 5.75 Å². The van der Waals surface area contributed by atoms with Gasteiger partial charge in [0.2, 0.25) is 0 Å². The second-order valence-electron chi connectivity index (χ2n) is 4.31. The van der Waals surface area contributed by atoms with Crippen LogP contribution in [0.15, 0.2) is 18.3 Å². The predicted octanol–water partition coefficient (Wildman–Crippen LogP) is 1.56. The first kappa shape index (κ1) is 13.2. The smallest absolute Gasteiger partial charge is 0.283 e. The lowest BCUT2D eigenvalue weighted by molar-refractivity contribution is -0.0690. The number of methoxy groups -OCH3 is 1. The van der Waals surface area contributed by atoms with E-state index in [1.54, 1.807) is 30.3 Å². The summed E-state index contributed by atoms with van der Waals surface area (Å²) in [5.41, 5.74) is 0.715. The van der Waals surface area contributed by atoms with Gasteiger partial charge in [0.15, 0.2) is 0 Å². The Hall–Kier alpha value is -1.27. The maximum Gasteiger partial charge on any atom is 0.283 e. The van der Waals surface area contributed by atoms with E-state index in [-0.39, 0.29) is 6.54 Å². The minimum Gasteiger partial charge on any atom is -0.497 e. The molecule has 1 fully saturated rings. The van der Waals surface area contributed by atoms with Crippen molar-refractivity contribution in [3.63, 3.8) is 0 Å². The molecule has 0 saturated carbocycles. The van der Waals surface area contributed by atoms with Crippen molar-refractivity contribution in [2.45, 2.75) is 12.5 Å². The predicted molar refractivity (Wildman–Crippen MR) is 61.8 cm³/mol. The highest BCUT2D eigenvalue weighted by atomic mass is 19.3. The Morgan fingerprint density at radius 3 is 3.17 bits per heavy atom. The number of alkyl halides is 2. The molecule has 2 rings (SSSR count). The average molecular weight is 258 g/mol. The number of hydrogen-bond donors (Lipinski definition) is 0. The molecule has 0 spiro atoms. The molecule has 0 aliphatic carbocycles. The lowest BCUT2D eigenvalue weighted by Crippen LogP contribution is -2.37. The Kier molecular flexibility index (Phi) is 4.08. The van der Waals surface area contributed by atoms with Crippen molar-refractivity contribution < 1.29 is 18.3 Å². The quantitative estimate of drug-likeness (QED) is 0.824. The maximum atomic E-state index is 13.4. The van der Waals surface area contributed by atoms with Gasteiger partial charge in [-0.3, -0.25) is 9.88 Å². The first-order chi connectivity index (χ1) is 8.59. The monoisotopic (exact) mass is 258 g/mol. The van der Waals surface area contributed by atoms with Crippen molar-refractivity contribution in [2.24, 2.45) is 0 Å². The Morgan fingerprint density at radius 1 is 1.56 bits per heavy atom. The number of ether oxygens (including phenoxy) is 2. The van der Waals surface area contributed by atoms with Crippen LogP contribution in [-0.2, 0) is 11.3 Å². The molecule has 1 aliphatic heterocycles. The highest BCUT2D eigenvalue weighted by molar-refractivity contribution is 5.22. The molecule has 1 aliphatic rings. The van der Waals surface area contributed by atoms with Crippen molar-refractivity contribution in [3.05, 3.63) is 24.0 Å². The van der Waals surface area contributed by atoms with E-state index in [0.29, 0.717) is 31.1 Å². The summed E-state index contributed by atoms with van der Waals surface area (Å²) >= 11 is 0. The summed E-state index contributed by atoms with van der Waals surface area (Å²) in [5.74, 6) is -2.12. The summed E-state index contributed by atoms with van der Waals surface area (Å²) in [7, 11) is 1.56. The first-order valence-electron chi connectivity index (χ1n) is 5.76. The zero-order chi connectivity index (χ0) is 13.0. The third-order valence-corrected chi connectivity index (χ3v) is 2.73. The van der Waals surface area contributed by atoms with Crippen LogP contribution in [0.3, 0.4) is 0 Å². The molecule has 0 N–H and O–H groups in total. The maximum absolute atomic E-state index is 13.4. The van der Waals surface area contributed by atoms with E-state index in [0.717, 1.165) is 0 Å². The number of halogens is 2. The first-order valence-corrected chi connectivity index (χ1v) is 5.76. The molecule has 0 atom stereocenters. The normalized spacial score (nSPS) is 20.4. The van der Waals surface area contributed by atoms with Gasteiger partial charge in [-0.15, -0.1) is 0 Å². The second kappa shape index (κ2) is 5.58. The van der Waals surface area contributed by atoms with Crippen molar-refractivity contribution in [1.29, 1.82) is 0 Å². The molecule has 0 aromatic carbocycles. The zero-order valence-electron chi connectivity index (χ0n) is 10.2. The van der Waals surface area contributed by atoms with E-state index in [1.165, 1.54) is 0 Å². The SMILES string of the molecule is COc1ccnc(CN2CCOCC(F)(F)C2)c1. The van der Waals surface area contributed by atoms with Gasteiger partial charge in [-0.25, -0.2) is 8.78 Å². The molecule has 0 radical (unpaired) electrons. The molecule has 1 aromatic rings. The van der Waals surface area contributed by atoms with E-state index in [1.807, 2.05) is 0 Å². The van der Waals surface area contributed by atoms with Crippen LogP contribution in [0.25, 0.3) is 0 Å². The molecule has 2 heterocycles. The summed E-state index contributed by atoms with van der Waals surface area (Å²) in [5, 5.41) is 0. The highest BCUT2D eigenvalue weighted by Gasteiger charge is 2.34. The number of nitrogens with zero attached hydrogens (tertiary/aromatic N) is 2. The molecule has 1 aromatic heterocycles. The van der Waals surface area contributed by atoms with E-state index in [2.05, 4.69) is 4.98 Å². The summed E-state index contributed by atoms with van der Waals surface area (Å²) in [6, 6.07) is 3.48. The van der Waals surface area contributed by atoms with Gasteiger partial charge in [0, 0.05) is 25.4 Å². The van der Waals surface area contributed by atoms with Crippen LogP contribution in [0.2, 0.25) is 0 Å². The Labute approximate surface area is 105 Å². The lowest BCUT2D eigenvalue weighted by Gasteiger charge is -2.22. The number of aromatic nitrogens is 1. The van der Waals surface area contributed by atoms with Crippen LogP contribution in [0.1, 0.15) is 5.69 Å². The molecule has 1 saturated heterocycles. The fraction of sp³-hybridized carbons (Fsp3) is 0.583. The van der Waals surface area contributed by atoms with Gasteiger partial charge in [0.25, 0.3) is 5.92 Å². The van der Waals surface area contributed by atoms with Gasteiger partial charge in [0.1, 0.15) is 12.4 Å². The van der Waals surface area contributed by atoms with Crippen LogP contribution >= 0.6 is 0 Å². The summed E-state index contributed by atoms with van der Waals surface area (Å²) in [6.45, 7) is 0.366. The van der Waals surface area contributed by atoms with E-state index in [9.17, 15) is 8.78 Å². The average Bonchev–Trinajstić information content (AvgIpc) is 2.50. The van der Waals surface area contributed by atoms with Gasteiger partial charge in [0.05, 0.1) is 26.0 Å². The van der Waals surface area contributed by atoms with Crippen LogP contribution < -0.4 is 4.74 Å². The molecule has 0 unspecified atom stereocenters. The fourth-order valence-electron chi connectivity index (χ4n) is 1.90. The largest absolute Gasteiger partial charge is 0.497 e. The Balaban J connectivity index is 2.03. The summed E-state index contributed by atoms with van der Waals surface area (Å²) in [6.07, 6.45) is 1.61. The standard InChI is InChI=1S/C12H16F2N2O2/c1-17-11-2-3-15-10(6-11)7-16-4-5-18-9-12(13,14)8-16/h2-3,6H,4-5,7-9H2,1H3. The van der Waals surface area contributed by atoms with Gasteiger partial charge in [-0.2, -0.15) is 0 Å². The molecular weight excluding hydrogens is 242 g/mol. The Bertz CT molecular complexity index is 401. The minimum absolute atomic E-state index is 0.300. The summed E-state index contributed by atoms with van der Waals surface area (Å²) < 4.78 is 36.7. The molecule has 6 heteroatoms. The van der Waals surface area contributed by atoms with Crippen LogP contribution in [0, 0.1) is 0 Å². The van der Waals surface area contributed by atoms with Gasteiger partial charge < -0.3 is 9.47 Å². The van der Waals surface area contributed by atoms with E-state index < -0.39 is 12.5 Å². The van der Waals surface area contributed by atoms with Gasteiger partial charge in [-0.1, -0.05) is 0 Å². The van der Waals surface area contributed by atoms with E-state index >= 15 is 0 Å². The van der Waals surface area contributed by atoms with Crippen LogP contribution in [-0.4, -0.2) is 49.2 Å².